The quantitative estimate of drug-likeness (QED) is 0.808. The van der Waals surface area contributed by atoms with Gasteiger partial charge in [-0.2, -0.15) is 0 Å². The van der Waals surface area contributed by atoms with Crippen molar-refractivity contribution < 1.29 is 23.5 Å². The number of hydrogen-bond acceptors (Lipinski definition) is 6. The molecule has 9 heteroatoms. The number of amides is 3. The SMILES string of the molecule is CNC(=O)NC(=O)[C@H](C)OC(=O)c1cc(=O)c2cc(Cl)ccc2o1. The van der Waals surface area contributed by atoms with Crippen molar-refractivity contribution in [1.82, 2.24) is 10.6 Å². The van der Waals surface area contributed by atoms with E-state index in [1.165, 1.54) is 32.2 Å². The van der Waals surface area contributed by atoms with Crippen LogP contribution in [0, 0.1) is 0 Å². The maximum atomic E-state index is 12.0. The second-order valence-electron chi connectivity index (χ2n) is 4.73. The molecule has 0 unspecified atom stereocenters. The molecule has 0 spiro atoms. The highest BCUT2D eigenvalue weighted by Gasteiger charge is 2.22. The molecule has 1 heterocycles. The predicted molar refractivity (Wildman–Crippen MR) is 85.0 cm³/mol. The molecule has 2 aromatic rings. The van der Waals surface area contributed by atoms with Gasteiger partial charge in [0.05, 0.1) is 5.39 Å². The fourth-order valence-corrected chi connectivity index (χ4v) is 1.95. The Balaban J connectivity index is 2.19. The topological polar surface area (TPSA) is 115 Å². The van der Waals surface area contributed by atoms with Crippen LogP contribution < -0.4 is 16.1 Å². The minimum absolute atomic E-state index is 0.154. The van der Waals surface area contributed by atoms with E-state index in [4.69, 9.17) is 20.8 Å². The molecule has 0 aliphatic carbocycles. The van der Waals surface area contributed by atoms with Gasteiger partial charge in [-0.25, -0.2) is 9.59 Å². The molecule has 0 saturated carbocycles. The van der Waals surface area contributed by atoms with E-state index in [0.717, 1.165) is 6.07 Å². The Labute approximate surface area is 140 Å². The van der Waals surface area contributed by atoms with Gasteiger partial charge in [0.1, 0.15) is 5.58 Å². The second-order valence-corrected chi connectivity index (χ2v) is 5.17. The van der Waals surface area contributed by atoms with Crippen LogP contribution >= 0.6 is 11.6 Å². The van der Waals surface area contributed by atoms with Crippen molar-refractivity contribution in [1.29, 1.82) is 0 Å². The molecule has 126 valence electrons. The largest absolute Gasteiger partial charge is 0.449 e. The van der Waals surface area contributed by atoms with Gasteiger partial charge in [-0.15, -0.1) is 0 Å². The maximum Gasteiger partial charge on any atom is 0.375 e. The smallest absolute Gasteiger partial charge is 0.375 e. The number of rotatable bonds is 3. The maximum absolute atomic E-state index is 12.0. The highest BCUT2D eigenvalue weighted by molar-refractivity contribution is 6.31. The number of carbonyl (C=O) groups is 3. The predicted octanol–water partition coefficient (Wildman–Crippen LogP) is 1.45. The van der Waals surface area contributed by atoms with Gasteiger partial charge < -0.3 is 14.5 Å². The Bertz CT molecular complexity index is 876. The lowest BCUT2D eigenvalue weighted by molar-refractivity contribution is -0.128. The molecule has 0 radical (unpaired) electrons. The minimum atomic E-state index is -1.26. The standard InChI is InChI=1S/C15H13ClN2O6/c1-7(13(20)18-15(22)17-2)23-14(21)12-6-10(19)9-5-8(16)3-4-11(9)24-12/h3-7H,1-2H3,(H2,17,18,20,22)/t7-/m0/s1. The molecule has 1 aromatic heterocycles. The van der Waals surface area contributed by atoms with Crippen LogP contribution in [0.5, 0.6) is 0 Å². The summed E-state index contributed by atoms with van der Waals surface area (Å²) in [5, 5.41) is 4.71. The van der Waals surface area contributed by atoms with Gasteiger partial charge in [-0.1, -0.05) is 11.6 Å². The number of urea groups is 1. The summed E-state index contributed by atoms with van der Waals surface area (Å²) in [6.45, 7) is 1.27. The lowest BCUT2D eigenvalue weighted by Gasteiger charge is -2.12. The summed E-state index contributed by atoms with van der Waals surface area (Å²) >= 11 is 5.80. The fourth-order valence-electron chi connectivity index (χ4n) is 1.78. The van der Waals surface area contributed by atoms with Gasteiger partial charge in [-0.3, -0.25) is 14.9 Å². The van der Waals surface area contributed by atoms with E-state index in [1.807, 2.05) is 5.32 Å². The van der Waals surface area contributed by atoms with Gasteiger partial charge in [0.2, 0.25) is 5.76 Å². The normalized spacial score (nSPS) is 11.6. The first kappa shape index (κ1) is 17.5. The number of imide groups is 1. The average Bonchev–Trinajstić information content (AvgIpc) is 2.54. The first-order valence-electron chi connectivity index (χ1n) is 6.78. The number of nitrogens with one attached hydrogen (secondary N) is 2. The number of ether oxygens (including phenoxy) is 1. The van der Waals surface area contributed by atoms with Crippen LogP contribution in [0.1, 0.15) is 17.5 Å². The zero-order valence-electron chi connectivity index (χ0n) is 12.7. The van der Waals surface area contributed by atoms with Crippen LogP contribution in [0.2, 0.25) is 5.02 Å². The summed E-state index contributed by atoms with van der Waals surface area (Å²) < 4.78 is 10.2. The lowest BCUT2D eigenvalue weighted by atomic mass is 10.2. The van der Waals surface area contributed by atoms with Crippen LogP contribution in [-0.4, -0.2) is 31.1 Å². The zero-order chi connectivity index (χ0) is 17.9. The lowest BCUT2D eigenvalue weighted by Crippen LogP contribution is -2.43. The molecule has 1 aromatic carbocycles. The van der Waals surface area contributed by atoms with E-state index in [9.17, 15) is 19.2 Å². The molecular weight excluding hydrogens is 340 g/mol. The second kappa shape index (κ2) is 7.14. The summed E-state index contributed by atoms with van der Waals surface area (Å²) in [5.41, 5.74) is -0.325. The third kappa shape index (κ3) is 3.90. The number of halogens is 1. The molecule has 2 rings (SSSR count). The van der Waals surface area contributed by atoms with Crippen LogP contribution in [0.4, 0.5) is 4.79 Å². The van der Waals surface area contributed by atoms with Crippen LogP contribution in [0.15, 0.2) is 33.5 Å². The molecule has 0 aliphatic heterocycles. The summed E-state index contributed by atoms with van der Waals surface area (Å²) in [6, 6.07) is 4.57. The van der Waals surface area contributed by atoms with Crippen molar-refractivity contribution in [2.24, 2.45) is 0 Å². The van der Waals surface area contributed by atoms with Crippen molar-refractivity contribution in [3.8, 4) is 0 Å². The Hall–Kier alpha value is -2.87. The molecule has 1 atom stereocenters. The highest BCUT2D eigenvalue weighted by Crippen LogP contribution is 2.18. The van der Waals surface area contributed by atoms with Gasteiger partial charge in [0, 0.05) is 18.1 Å². The minimum Gasteiger partial charge on any atom is -0.449 e. The van der Waals surface area contributed by atoms with E-state index in [0.29, 0.717) is 5.02 Å². The molecular formula is C15H13ClN2O6. The number of esters is 1. The Kier molecular flexibility index (Phi) is 5.20. The van der Waals surface area contributed by atoms with Gasteiger partial charge in [0.15, 0.2) is 11.5 Å². The molecule has 2 N–H and O–H groups in total. The molecule has 0 bridgehead atoms. The van der Waals surface area contributed by atoms with E-state index in [-0.39, 0.29) is 16.7 Å². The first-order valence-corrected chi connectivity index (χ1v) is 7.16. The van der Waals surface area contributed by atoms with Crippen LogP contribution in [0.25, 0.3) is 11.0 Å². The molecule has 0 saturated heterocycles. The van der Waals surface area contributed by atoms with Crippen molar-refractivity contribution in [2.75, 3.05) is 7.05 Å². The summed E-state index contributed by atoms with van der Waals surface area (Å²) in [7, 11) is 1.33. The number of fused-ring (bicyclic) bond motifs is 1. The summed E-state index contributed by atoms with van der Waals surface area (Å²) in [6.07, 6.45) is -1.26. The van der Waals surface area contributed by atoms with Crippen molar-refractivity contribution in [3.63, 3.8) is 0 Å². The van der Waals surface area contributed by atoms with Crippen LogP contribution in [-0.2, 0) is 9.53 Å². The third-order valence-corrected chi connectivity index (χ3v) is 3.24. The summed E-state index contributed by atoms with van der Waals surface area (Å²) in [4.78, 5) is 46.7. The number of benzene rings is 1. The molecule has 0 fully saturated rings. The van der Waals surface area contributed by atoms with Gasteiger partial charge in [0.25, 0.3) is 5.91 Å². The average molecular weight is 353 g/mol. The molecule has 0 aliphatic rings. The fraction of sp³-hybridized carbons (Fsp3) is 0.200. The highest BCUT2D eigenvalue weighted by atomic mass is 35.5. The Morgan fingerprint density at radius 2 is 1.96 bits per heavy atom. The van der Waals surface area contributed by atoms with E-state index < -0.39 is 29.4 Å². The first-order chi connectivity index (χ1) is 11.3. The number of hydrogen-bond donors (Lipinski definition) is 2. The van der Waals surface area contributed by atoms with Crippen LogP contribution in [0.3, 0.4) is 0 Å². The monoisotopic (exact) mass is 352 g/mol. The zero-order valence-corrected chi connectivity index (χ0v) is 13.5. The molecule has 3 amide bonds. The van der Waals surface area contributed by atoms with Gasteiger partial charge in [-0.05, 0) is 25.1 Å². The third-order valence-electron chi connectivity index (χ3n) is 3.01. The Morgan fingerprint density at radius 1 is 1.25 bits per heavy atom. The Morgan fingerprint density at radius 3 is 2.62 bits per heavy atom. The van der Waals surface area contributed by atoms with Crippen molar-refractivity contribution >= 4 is 40.5 Å². The van der Waals surface area contributed by atoms with E-state index in [1.54, 1.807) is 0 Å². The van der Waals surface area contributed by atoms with Crippen molar-refractivity contribution in [2.45, 2.75) is 13.0 Å². The molecule has 24 heavy (non-hydrogen) atoms. The summed E-state index contributed by atoms with van der Waals surface area (Å²) in [5.74, 6) is -2.20. The van der Waals surface area contributed by atoms with E-state index >= 15 is 0 Å². The van der Waals surface area contributed by atoms with E-state index in [2.05, 4.69) is 5.32 Å². The van der Waals surface area contributed by atoms with Crippen molar-refractivity contribution in [3.05, 3.63) is 45.3 Å². The van der Waals surface area contributed by atoms with Gasteiger partial charge >= 0.3 is 12.0 Å². The molecule has 8 nitrogen and oxygen atoms in total. The number of carbonyl (C=O) groups excluding carboxylic acids is 3.